The lowest BCUT2D eigenvalue weighted by Gasteiger charge is -2.06. The van der Waals surface area contributed by atoms with Crippen molar-refractivity contribution < 1.29 is 48.9 Å². The first-order valence-corrected chi connectivity index (χ1v) is 16.4. The van der Waals surface area contributed by atoms with Gasteiger partial charge in [0.1, 0.15) is 5.78 Å². The molecule has 0 aromatic heterocycles. The number of carboxylic acid groups (broad SMARTS) is 3. The van der Waals surface area contributed by atoms with Gasteiger partial charge in [0.25, 0.3) is 0 Å². The molecule has 3 N–H and O–H groups in total. The molecule has 0 radical (unpaired) electrons. The summed E-state index contributed by atoms with van der Waals surface area (Å²) in [6, 6.07) is 18.8. The molecule has 0 heterocycles. The number of Topliss-reactive ketones (excluding diaryl/α,β-unsaturated/α-hetero) is 4. The molecule has 260 valence electrons. The van der Waals surface area contributed by atoms with Crippen molar-refractivity contribution in [2.24, 2.45) is 0 Å². The van der Waals surface area contributed by atoms with Crippen molar-refractivity contribution in [2.75, 3.05) is 0 Å². The highest BCUT2D eigenvalue weighted by atomic mass is 16.4. The van der Waals surface area contributed by atoms with Crippen LogP contribution in [0.5, 0.6) is 0 Å². The van der Waals surface area contributed by atoms with Crippen molar-refractivity contribution in [3.63, 3.8) is 0 Å². The number of benzene rings is 3. The maximum atomic E-state index is 12.3. The van der Waals surface area contributed by atoms with Crippen LogP contribution in [-0.4, -0.2) is 56.4 Å². The number of aliphatic carboxylic acids is 3. The lowest BCUT2D eigenvalue weighted by atomic mass is 9.97. The van der Waals surface area contributed by atoms with E-state index in [2.05, 4.69) is 6.92 Å². The molecular formula is C39H44O10. The van der Waals surface area contributed by atoms with Gasteiger partial charge in [-0.05, 0) is 23.1 Å². The number of ketones is 4. The van der Waals surface area contributed by atoms with E-state index in [1.54, 1.807) is 48.5 Å². The van der Waals surface area contributed by atoms with Crippen LogP contribution in [0.15, 0.2) is 72.8 Å². The van der Waals surface area contributed by atoms with E-state index in [4.69, 9.17) is 15.3 Å². The number of hydrogen-bond acceptors (Lipinski definition) is 7. The standard InChI is InChI=1S/C20H28O4.C19H16O6/c1-2-3-4-5-6-7-8-12-17(21)15-19(22)18-13-10-9-11-16(18)14-20(23)24;20-16(14-5-1-12(2-6-14)9-18(22)23)11-17(21)15-7-3-13(4-8-15)10-19(24)25/h9-11,13H,2-8,12,14-15H2,1H3,(H,23,24);1-8H,9-11H2,(H,22,23)(H,24,25). The quantitative estimate of drug-likeness (QED) is 0.0606. The van der Waals surface area contributed by atoms with Gasteiger partial charge < -0.3 is 15.3 Å². The molecule has 0 fully saturated rings. The second-order valence-electron chi connectivity index (χ2n) is 11.8. The normalized spacial score (nSPS) is 10.4. The van der Waals surface area contributed by atoms with Gasteiger partial charge in [0.15, 0.2) is 17.3 Å². The Labute approximate surface area is 286 Å². The summed E-state index contributed by atoms with van der Waals surface area (Å²) in [5, 5.41) is 26.3. The van der Waals surface area contributed by atoms with Gasteiger partial charge in [-0.15, -0.1) is 0 Å². The molecule has 0 aliphatic heterocycles. The van der Waals surface area contributed by atoms with E-state index < -0.39 is 17.9 Å². The van der Waals surface area contributed by atoms with E-state index in [-0.39, 0.29) is 55.2 Å². The maximum absolute atomic E-state index is 12.3. The molecule has 10 heteroatoms. The van der Waals surface area contributed by atoms with Crippen LogP contribution < -0.4 is 0 Å². The predicted octanol–water partition coefficient (Wildman–Crippen LogP) is 6.99. The number of carboxylic acids is 3. The minimum Gasteiger partial charge on any atom is -0.481 e. The topological polar surface area (TPSA) is 180 Å². The van der Waals surface area contributed by atoms with Gasteiger partial charge in [-0.25, -0.2) is 0 Å². The lowest BCUT2D eigenvalue weighted by Crippen LogP contribution is -2.12. The fourth-order valence-electron chi connectivity index (χ4n) is 5.07. The Bertz CT molecular complexity index is 1520. The van der Waals surface area contributed by atoms with Gasteiger partial charge in [0.2, 0.25) is 0 Å². The zero-order chi connectivity index (χ0) is 36.2. The third kappa shape index (κ3) is 15.9. The molecule has 10 nitrogen and oxygen atoms in total. The second kappa shape index (κ2) is 21.6. The largest absolute Gasteiger partial charge is 0.481 e. The van der Waals surface area contributed by atoms with Crippen molar-refractivity contribution in [1.29, 1.82) is 0 Å². The van der Waals surface area contributed by atoms with Gasteiger partial charge in [0, 0.05) is 23.1 Å². The summed E-state index contributed by atoms with van der Waals surface area (Å²) in [6.07, 6.45) is 7.49. The van der Waals surface area contributed by atoms with E-state index >= 15 is 0 Å². The van der Waals surface area contributed by atoms with Crippen molar-refractivity contribution in [3.8, 4) is 0 Å². The maximum Gasteiger partial charge on any atom is 0.307 e. The van der Waals surface area contributed by atoms with Crippen LogP contribution >= 0.6 is 0 Å². The van der Waals surface area contributed by atoms with Crippen LogP contribution in [-0.2, 0) is 38.4 Å². The van der Waals surface area contributed by atoms with Gasteiger partial charge in [-0.1, -0.05) is 118 Å². The van der Waals surface area contributed by atoms with Crippen LogP contribution in [0.1, 0.15) is 119 Å². The molecule has 0 saturated heterocycles. The molecule has 0 aliphatic rings. The van der Waals surface area contributed by atoms with E-state index in [0.29, 0.717) is 39.8 Å². The Balaban J connectivity index is 0.000000341. The zero-order valence-electron chi connectivity index (χ0n) is 27.8. The van der Waals surface area contributed by atoms with E-state index in [0.717, 1.165) is 19.3 Å². The van der Waals surface area contributed by atoms with Gasteiger partial charge in [-0.2, -0.15) is 0 Å². The van der Waals surface area contributed by atoms with Crippen LogP contribution in [0.4, 0.5) is 0 Å². The summed E-state index contributed by atoms with van der Waals surface area (Å²) in [6.45, 7) is 2.18. The van der Waals surface area contributed by atoms with Gasteiger partial charge in [-0.3, -0.25) is 33.6 Å². The molecular weight excluding hydrogens is 628 g/mol. The van der Waals surface area contributed by atoms with E-state index in [1.165, 1.54) is 49.9 Å². The fourth-order valence-corrected chi connectivity index (χ4v) is 5.07. The fraction of sp³-hybridized carbons (Fsp3) is 0.359. The summed E-state index contributed by atoms with van der Waals surface area (Å²) in [4.78, 5) is 80.6. The molecule has 0 atom stereocenters. The SMILES string of the molecule is CCCCCCCCCC(=O)CC(=O)c1ccccc1CC(=O)O.O=C(O)Cc1ccc(C(=O)CC(=O)c2ccc(CC(=O)O)cc2)cc1. The highest BCUT2D eigenvalue weighted by Gasteiger charge is 2.17. The molecule has 3 aromatic rings. The van der Waals surface area contributed by atoms with Crippen LogP contribution in [0.3, 0.4) is 0 Å². The number of carbonyl (C=O) groups is 7. The van der Waals surface area contributed by atoms with Crippen LogP contribution in [0.2, 0.25) is 0 Å². The van der Waals surface area contributed by atoms with E-state index in [1.807, 2.05) is 0 Å². The van der Waals surface area contributed by atoms with Gasteiger partial charge >= 0.3 is 17.9 Å². The number of rotatable bonds is 21. The highest BCUT2D eigenvalue weighted by Crippen LogP contribution is 2.15. The lowest BCUT2D eigenvalue weighted by molar-refractivity contribution is -0.137. The number of hydrogen-bond donors (Lipinski definition) is 3. The molecule has 0 bridgehead atoms. The van der Waals surface area contributed by atoms with Crippen molar-refractivity contribution >= 4 is 41.0 Å². The predicted molar refractivity (Wildman–Crippen MR) is 183 cm³/mol. The smallest absolute Gasteiger partial charge is 0.307 e. The van der Waals surface area contributed by atoms with E-state index in [9.17, 15) is 33.6 Å². The summed E-state index contributed by atoms with van der Waals surface area (Å²) in [7, 11) is 0. The third-order valence-corrected chi connectivity index (χ3v) is 7.66. The zero-order valence-corrected chi connectivity index (χ0v) is 27.8. The molecule has 0 amide bonds. The summed E-state index contributed by atoms with van der Waals surface area (Å²) in [5.41, 5.74) is 2.65. The van der Waals surface area contributed by atoms with Gasteiger partial charge in [0.05, 0.1) is 32.1 Å². The number of unbranched alkanes of at least 4 members (excludes halogenated alkanes) is 6. The van der Waals surface area contributed by atoms with Crippen LogP contribution in [0.25, 0.3) is 0 Å². The summed E-state index contributed by atoms with van der Waals surface area (Å²) in [5.74, 6) is -3.95. The Morgan fingerprint density at radius 3 is 1.41 bits per heavy atom. The van der Waals surface area contributed by atoms with Crippen molar-refractivity contribution in [1.82, 2.24) is 0 Å². The molecule has 0 unspecified atom stereocenters. The third-order valence-electron chi connectivity index (χ3n) is 7.66. The van der Waals surface area contributed by atoms with Crippen LogP contribution in [0, 0.1) is 0 Å². The summed E-state index contributed by atoms with van der Waals surface area (Å²) < 4.78 is 0. The first kappa shape index (κ1) is 39.9. The highest BCUT2D eigenvalue weighted by molar-refractivity contribution is 6.13. The average molecular weight is 673 g/mol. The first-order valence-electron chi connectivity index (χ1n) is 16.4. The molecule has 49 heavy (non-hydrogen) atoms. The Kier molecular flexibility index (Phi) is 17.6. The minimum atomic E-state index is -0.982. The molecule has 3 aromatic carbocycles. The summed E-state index contributed by atoms with van der Waals surface area (Å²) >= 11 is 0. The first-order chi connectivity index (χ1) is 23.4. The molecule has 0 saturated carbocycles. The Hall–Kier alpha value is -5.25. The average Bonchev–Trinajstić information content (AvgIpc) is 3.04. The monoisotopic (exact) mass is 672 g/mol. The second-order valence-corrected chi connectivity index (χ2v) is 11.8. The molecule has 0 aliphatic carbocycles. The molecule has 3 rings (SSSR count). The number of carbonyl (C=O) groups excluding carboxylic acids is 4. The van der Waals surface area contributed by atoms with Crippen molar-refractivity contribution in [3.05, 3.63) is 106 Å². The Morgan fingerprint density at radius 1 is 0.490 bits per heavy atom. The molecule has 0 spiro atoms. The Morgan fingerprint density at radius 2 is 0.939 bits per heavy atom. The minimum absolute atomic E-state index is 0.0568. The van der Waals surface area contributed by atoms with Crippen molar-refractivity contribution in [2.45, 2.75) is 90.4 Å².